The fraction of sp³-hybridized carbons (Fsp3) is 0.200. The largest absolute Gasteiger partial charge is 0.495 e. The lowest BCUT2D eigenvalue weighted by atomic mass is 10.3. The molecule has 1 aromatic heterocycles. The van der Waals surface area contributed by atoms with Crippen molar-refractivity contribution in [1.82, 2.24) is 14.8 Å². The summed E-state index contributed by atoms with van der Waals surface area (Å²) < 4.78 is 7.84. The van der Waals surface area contributed by atoms with E-state index in [1.165, 1.54) is 0 Å². The number of methoxy groups -OCH3 is 1. The van der Waals surface area contributed by atoms with E-state index in [1.54, 1.807) is 18.1 Å². The number of halogens is 1. The predicted octanol–water partition coefficient (Wildman–Crippen LogP) is 2.35. The number of hydrogen-bond donors (Lipinski definition) is 0. The molecule has 0 atom stereocenters. The molecule has 2 aromatic rings. The molecule has 0 aliphatic carbocycles. The van der Waals surface area contributed by atoms with Gasteiger partial charge in [-0.25, -0.2) is 9.67 Å². The molecule has 1 aromatic carbocycles. The molecule has 78 valence electrons. The first-order chi connectivity index (χ1) is 7.20. The Bertz CT molecular complexity index is 481. The van der Waals surface area contributed by atoms with Gasteiger partial charge in [-0.05, 0) is 35.0 Å². The Hall–Kier alpha value is -1.36. The maximum Gasteiger partial charge on any atom is 0.147 e. The zero-order chi connectivity index (χ0) is 10.8. The normalized spacial score (nSPS) is 10.3. The van der Waals surface area contributed by atoms with E-state index >= 15 is 0 Å². The third-order valence-electron chi connectivity index (χ3n) is 2.01. The minimum atomic E-state index is 0.747. The second kappa shape index (κ2) is 4.02. The minimum absolute atomic E-state index is 0.747. The summed E-state index contributed by atoms with van der Waals surface area (Å²) in [6.45, 7) is 1.85. The van der Waals surface area contributed by atoms with Crippen molar-refractivity contribution in [2.24, 2.45) is 0 Å². The van der Waals surface area contributed by atoms with Crippen LogP contribution in [0.2, 0.25) is 0 Å². The highest BCUT2D eigenvalue weighted by Crippen LogP contribution is 2.26. The Morgan fingerprint density at radius 1 is 1.40 bits per heavy atom. The molecule has 4 nitrogen and oxygen atoms in total. The summed E-state index contributed by atoms with van der Waals surface area (Å²) in [6, 6.07) is 5.77. The molecule has 0 radical (unpaired) electrons. The van der Waals surface area contributed by atoms with E-state index in [-0.39, 0.29) is 0 Å². The van der Waals surface area contributed by atoms with Crippen LogP contribution in [-0.2, 0) is 0 Å². The van der Waals surface area contributed by atoms with E-state index in [4.69, 9.17) is 4.74 Å². The highest BCUT2D eigenvalue weighted by atomic mass is 79.9. The van der Waals surface area contributed by atoms with E-state index in [0.717, 1.165) is 21.7 Å². The quantitative estimate of drug-likeness (QED) is 0.839. The number of nitrogens with zero attached hydrogens (tertiary/aromatic N) is 3. The molecule has 0 saturated carbocycles. The molecule has 0 amide bonds. The summed E-state index contributed by atoms with van der Waals surface area (Å²) in [6.07, 6.45) is 1.68. The maximum absolute atomic E-state index is 5.21. The summed E-state index contributed by atoms with van der Waals surface area (Å²) in [4.78, 5) is 4.07. The molecular weight excluding hydrogens is 258 g/mol. The van der Waals surface area contributed by atoms with Crippen LogP contribution in [0.4, 0.5) is 0 Å². The van der Waals surface area contributed by atoms with Crippen molar-refractivity contribution in [3.8, 4) is 11.4 Å². The Morgan fingerprint density at radius 3 is 2.80 bits per heavy atom. The van der Waals surface area contributed by atoms with Gasteiger partial charge in [-0.1, -0.05) is 0 Å². The van der Waals surface area contributed by atoms with Gasteiger partial charge in [0, 0.05) is 6.07 Å². The lowest BCUT2D eigenvalue weighted by molar-refractivity contribution is 0.412. The van der Waals surface area contributed by atoms with Crippen LogP contribution in [-0.4, -0.2) is 21.9 Å². The molecule has 0 aliphatic heterocycles. The molecule has 15 heavy (non-hydrogen) atoms. The summed E-state index contributed by atoms with van der Waals surface area (Å²) >= 11 is 3.40. The van der Waals surface area contributed by atoms with Crippen LogP contribution in [0.1, 0.15) is 5.82 Å². The highest BCUT2D eigenvalue weighted by Gasteiger charge is 2.04. The van der Waals surface area contributed by atoms with Crippen LogP contribution >= 0.6 is 15.9 Å². The molecule has 0 fully saturated rings. The predicted molar refractivity (Wildman–Crippen MR) is 60.3 cm³/mol. The first kappa shape index (κ1) is 10.2. The van der Waals surface area contributed by atoms with E-state index < -0.39 is 0 Å². The van der Waals surface area contributed by atoms with E-state index in [0.29, 0.717) is 0 Å². The van der Waals surface area contributed by atoms with Crippen molar-refractivity contribution in [1.29, 1.82) is 0 Å². The van der Waals surface area contributed by atoms with Crippen LogP contribution in [0.5, 0.6) is 5.75 Å². The van der Waals surface area contributed by atoms with Crippen LogP contribution in [0.15, 0.2) is 29.0 Å². The molecule has 2 rings (SSSR count). The summed E-state index contributed by atoms with van der Waals surface area (Å²) in [5.74, 6) is 1.53. The molecule has 5 heteroatoms. The monoisotopic (exact) mass is 267 g/mol. The lowest BCUT2D eigenvalue weighted by Crippen LogP contribution is -1.96. The van der Waals surface area contributed by atoms with Crippen molar-refractivity contribution >= 4 is 15.9 Å². The van der Waals surface area contributed by atoms with Crippen LogP contribution in [0, 0.1) is 6.92 Å². The highest BCUT2D eigenvalue weighted by molar-refractivity contribution is 9.10. The van der Waals surface area contributed by atoms with Gasteiger partial charge in [0.2, 0.25) is 0 Å². The Kier molecular flexibility index (Phi) is 2.73. The summed E-state index contributed by atoms with van der Waals surface area (Å²) in [5, 5.41) is 4.22. The number of hydrogen-bond acceptors (Lipinski definition) is 3. The first-order valence-electron chi connectivity index (χ1n) is 4.43. The number of benzene rings is 1. The van der Waals surface area contributed by atoms with Crippen molar-refractivity contribution in [2.75, 3.05) is 7.11 Å². The SMILES string of the molecule is COc1cc(-n2cnc(C)n2)ccc1Br. The average Bonchev–Trinajstić information content (AvgIpc) is 2.66. The maximum atomic E-state index is 5.21. The fourth-order valence-electron chi connectivity index (χ4n) is 1.26. The zero-order valence-electron chi connectivity index (χ0n) is 8.44. The molecule has 1 heterocycles. The van der Waals surface area contributed by atoms with Crippen molar-refractivity contribution < 1.29 is 4.74 Å². The Balaban J connectivity index is 2.45. The summed E-state index contributed by atoms with van der Waals surface area (Å²) in [7, 11) is 1.64. The third-order valence-corrected chi connectivity index (χ3v) is 2.66. The average molecular weight is 268 g/mol. The number of aromatic nitrogens is 3. The van der Waals surface area contributed by atoms with Gasteiger partial charge in [0.1, 0.15) is 17.9 Å². The Morgan fingerprint density at radius 2 is 2.20 bits per heavy atom. The summed E-state index contributed by atoms with van der Waals surface area (Å²) in [5.41, 5.74) is 0.927. The van der Waals surface area contributed by atoms with E-state index in [9.17, 15) is 0 Å². The minimum Gasteiger partial charge on any atom is -0.495 e. The van der Waals surface area contributed by atoms with Gasteiger partial charge in [0.15, 0.2) is 0 Å². The van der Waals surface area contributed by atoms with Gasteiger partial charge in [0.25, 0.3) is 0 Å². The Labute approximate surface area is 96.0 Å². The number of rotatable bonds is 2. The molecule has 0 N–H and O–H groups in total. The molecule has 0 aliphatic rings. The smallest absolute Gasteiger partial charge is 0.147 e. The van der Waals surface area contributed by atoms with Gasteiger partial charge in [-0.3, -0.25) is 0 Å². The second-order valence-corrected chi connectivity index (χ2v) is 3.91. The molecule has 0 saturated heterocycles. The molecule has 0 spiro atoms. The van der Waals surface area contributed by atoms with Crippen LogP contribution in [0.25, 0.3) is 5.69 Å². The zero-order valence-corrected chi connectivity index (χ0v) is 10.0. The lowest BCUT2D eigenvalue weighted by Gasteiger charge is -2.05. The molecule has 0 unspecified atom stereocenters. The molecular formula is C10H10BrN3O. The topological polar surface area (TPSA) is 39.9 Å². The van der Waals surface area contributed by atoms with Crippen LogP contribution < -0.4 is 4.74 Å². The third kappa shape index (κ3) is 2.02. The van der Waals surface area contributed by atoms with Gasteiger partial charge in [-0.15, -0.1) is 0 Å². The second-order valence-electron chi connectivity index (χ2n) is 3.06. The van der Waals surface area contributed by atoms with Crippen LogP contribution in [0.3, 0.4) is 0 Å². The fourth-order valence-corrected chi connectivity index (χ4v) is 1.67. The van der Waals surface area contributed by atoms with Gasteiger partial charge < -0.3 is 4.74 Å². The number of ether oxygens (including phenoxy) is 1. The van der Waals surface area contributed by atoms with Crippen molar-refractivity contribution in [2.45, 2.75) is 6.92 Å². The van der Waals surface area contributed by atoms with Gasteiger partial charge >= 0.3 is 0 Å². The van der Waals surface area contributed by atoms with Gasteiger partial charge in [0.05, 0.1) is 17.3 Å². The van der Waals surface area contributed by atoms with Gasteiger partial charge in [-0.2, -0.15) is 5.10 Å². The number of aryl methyl sites for hydroxylation is 1. The van der Waals surface area contributed by atoms with Crippen molar-refractivity contribution in [3.05, 3.63) is 34.8 Å². The first-order valence-corrected chi connectivity index (χ1v) is 5.22. The standard InChI is InChI=1S/C10H10BrN3O/c1-7-12-6-14(13-7)8-3-4-9(11)10(5-8)15-2/h3-6H,1-2H3. The van der Waals surface area contributed by atoms with E-state index in [1.807, 2.05) is 25.1 Å². The van der Waals surface area contributed by atoms with E-state index in [2.05, 4.69) is 26.0 Å². The van der Waals surface area contributed by atoms with Crippen molar-refractivity contribution in [3.63, 3.8) is 0 Å². The molecule has 0 bridgehead atoms.